The maximum atomic E-state index is 10.7. The molecule has 0 aliphatic carbocycles. The molecular formula is C25H25NO6S. The van der Waals surface area contributed by atoms with Gasteiger partial charge >= 0.3 is 0 Å². The van der Waals surface area contributed by atoms with E-state index in [2.05, 4.69) is 6.07 Å². The first-order valence-corrected chi connectivity index (χ1v) is 11.5. The first kappa shape index (κ1) is 22.2. The van der Waals surface area contributed by atoms with Crippen LogP contribution in [0.5, 0.6) is 5.75 Å². The molecular weight excluding hydrogens is 442 g/mol. The van der Waals surface area contributed by atoms with Crippen LogP contribution in [0.25, 0.3) is 21.7 Å². The second kappa shape index (κ2) is 8.64. The Kier molecular flexibility index (Phi) is 5.82. The molecule has 1 aliphatic rings. The van der Waals surface area contributed by atoms with Crippen LogP contribution in [-0.4, -0.2) is 61.1 Å². The van der Waals surface area contributed by atoms with Gasteiger partial charge in [0.05, 0.1) is 12.1 Å². The predicted octanol–water partition coefficient (Wildman–Crippen LogP) is 2.93. The van der Waals surface area contributed by atoms with E-state index in [0.29, 0.717) is 0 Å². The third-order valence-electron chi connectivity index (χ3n) is 6.12. The van der Waals surface area contributed by atoms with Crippen molar-refractivity contribution in [1.82, 2.24) is 4.57 Å². The number of benzene rings is 3. The van der Waals surface area contributed by atoms with E-state index in [0.717, 1.165) is 37.0 Å². The molecule has 0 saturated carbocycles. The second-order valence-corrected chi connectivity index (χ2v) is 9.55. The van der Waals surface area contributed by atoms with Crippen molar-refractivity contribution in [1.29, 1.82) is 0 Å². The molecule has 2 heterocycles. The number of aliphatic hydroxyl groups excluding tert-OH is 4. The van der Waals surface area contributed by atoms with E-state index < -0.39 is 37.3 Å². The fourth-order valence-electron chi connectivity index (χ4n) is 4.34. The minimum atomic E-state index is -1.45. The van der Waals surface area contributed by atoms with Crippen molar-refractivity contribution >= 4 is 33.4 Å². The van der Waals surface area contributed by atoms with Gasteiger partial charge in [0, 0.05) is 21.4 Å². The topological polar surface area (TPSA) is 115 Å². The lowest BCUT2D eigenvalue weighted by molar-refractivity contribution is -0.250. The molecule has 5 rings (SSSR count). The third-order valence-corrected chi connectivity index (χ3v) is 7.15. The van der Waals surface area contributed by atoms with E-state index >= 15 is 0 Å². The monoisotopic (exact) mass is 467 g/mol. The summed E-state index contributed by atoms with van der Waals surface area (Å²) in [4.78, 5) is 1.94. The number of hydrogen-bond donors (Lipinski definition) is 5. The second-order valence-electron chi connectivity index (χ2n) is 8.44. The number of aryl methyl sites for hydroxylation is 1. The van der Waals surface area contributed by atoms with Crippen molar-refractivity contribution in [3.63, 3.8) is 0 Å². The van der Waals surface area contributed by atoms with Crippen LogP contribution in [0.2, 0.25) is 0 Å². The third kappa shape index (κ3) is 3.99. The molecule has 8 heteroatoms. The average molecular weight is 468 g/mol. The number of hydrogen-bond acceptors (Lipinski definition) is 7. The fraction of sp³-hybridized carbons (Fsp3) is 0.280. The maximum absolute atomic E-state index is 10.7. The minimum Gasteiger partial charge on any atom is -0.508 e. The summed E-state index contributed by atoms with van der Waals surface area (Å²) in [6.45, 7) is 1.52. The van der Waals surface area contributed by atoms with Gasteiger partial charge < -0.3 is 34.8 Å². The number of aliphatic hydroxyl groups is 4. The number of ether oxygens (including phenoxy) is 1. The standard InChI is InChI=1S/C25H25NO6S/c1-13-2-7-19-18(8-13)21(33-17-6-4-14-9-16(28)5-3-15(14)10-17)11-26(19)25-24(31)23(30)22(29)20(12-27)32-25/h2-11,20,22-25,27-31H,12H2,1H3/t20-,22-,23+,24-,25-/m1/s1. The Hall–Kier alpha value is -2.59. The largest absolute Gasteiger partial charge is 0.508 e. The maximum Gasteiger partial charge on any atom is 0.163 e. The summed E-state index contributed by atoms with van der Waals surface area (Å²) in [5.74, 6) is 0.223. The number of nitrogens with zero attached hydrogens (tertiary/aromatic N) is 1. The van der Waals surface area contributed by atoms with Crippen molar-refractivity contribution in [3.05, 3.63) is 66.4 Å². The van der Waals surface area contributed by atoms with Gasteiger partial charge in [0.25, 0.3) is 0 Å². The van der Waals surface area contributed by atoms with E-state index in [9.17, 15) is 25.5 Å². The lowest BCUT2D eigenvalue weighted by atomic mass is 9.98. The predicted molar refractivity (Wildman–Crippen MR) is 125 cm³/mol. The molecule has 5 N–H and O–H groups in total. The van der Waals surface area contributed by atoms with Crippen molar-refractivity contribution in [2.45, 2.75) is 47.4 Å². The molecule has 0 amide bonds. The van der Waals surface area contributed by atoms with Gasteiger partial charge in [-0.15, -0.1) is 0 Å². The molecule has 0 radical (unpaired) electrons. The van der Waals surface area contributed by atoms with Gasteiger partial charge in [0.2, 0.25) is 0 Å². The van der Waals surface area contributed by atoms with Crippen molar-refractivity contribution in [3.8, 4) is 5.75 Å². The van der Waals surface area contributed by atoms with Crippen molar-refractivity contribution < 1.29 is 30.3 Å². The molecule has 1 aliphatic heterocycles. The molecule has 1 aromatic heterocycles. The molecule has 5 atom stereocenters. The van der Waals surface area contributed by atoms with Crippen LogP contribution in [0.3, 0.4) is 0 Å². The van der Waals surface area contributed by atoms with Crippen LogP contribution in [0, 0.1) is 6.92 Å². The van der Waals surface area contributed by atoms with Gasteiger partial charge in [0.15, 0.2) is 6.23 Å². The molecule has 0 spiro atoms. The number of phenolic OH excluding ortho intramolecular Hbond substituents is 1. The molecule has 0 bridgehead atoms. The van der Waals surface area contributed by atoms with Crippen LogP contribution in [0.4, 0.5) is 0 Å². The summed E-state index contributed by atoms with van der Waals surface area (Å²) in [5, 5.41) is 53.3. The van der Waals surface area contributed by atoms with Gasteiger partial charge in [-0.2, -0.15) is 0 Å². The van der Waals surface area contributed by atoms with Crippen molar-refractivity contribution in [2.24, 2.45) is 0 Å². The molecule has 1 saturated heterocycles. The highest BCUT2D eigenvalue weighted by Gasteiger charge is 2.44. The number of aromatic nitrogens is 1. The highest BCUT2D eigenvalue weighted by Crippen LogP contribution is 2.40. The number of aromatic hydroxyl groups is 1. The van der Waals surface area contributed by atoms with E-state index in [-0.39, 0.29) is 5.75 Å². The molecule has 3 aromatic carbocycles. The quantitative estimate of drug-likeness (QED) is 0.313. The van der Waals surface area contributed by atoms with Crippen LogP contribution in [0.15, 0.2) is 70.6 Å². The highest BCUT2D eigenvalue weighted by atomic mass is 32.2. The summed E-state index contributed by atoms with van der Waals surface area (Å²) < 4.78 is 7.56. The summed E-state index contributed by atoms with van der Waals surface area (Å²) in [7, 11) is 0. The number of phenols is 1. The van der Waals surface area contributed by atoms with Crippen LogP contribution < -0.4 is 0 Å². The Morgan fingerprint density at radius 3 is 2.45 bits per heavy atom. The molecule has 1 fully saturated rings. The van der Waals surface area contributed by atoms with E-state index in [1.165, 1.54) is 0 Å². The Balaban J connectivity index is 1.57. The lowest BCUT2D eigenvalue weighted by Gasteiger charge is -2.40. The zero-order valence-corrected chi connectivity index (χ0v) is 18.7. The van der Waals surface area contributed by atoms with E-state index in [1.54, 1.807) is 28.5 Å². The fourth-order valence-corrected chi connectivity index (χ4v) is 5.36. The van der Waals surface area contributed by atoms with Crippen LogP contribution in [-0.2, 0) is 4.74 Å². The molecule has 0 unspecified atom stereocenters. The smallest absolute Gasteiger partial charge is 0.163 e. The van der Waals surface area contributed by atoms with E-state index in [1.807, 2.05) is 49.5 Å². The van der Waals surface area contributed by atoms with E-state index in [4.69, 9.17) is 4.74 Å². The Bertz CT molecular complexity index is 1320. The number of rotatable bonds is 4. The summed E-state index contributed by atoms with van der Waals surface area (Å²) in [5.41, 5.74) is 1.88. The minimum absolute atomic E-state index is 0.223. The Morgan fingerprint density at radius 2 is 1.67 bits per heavy atom. The number of fused-ring (bicyclic) bond motifs is 2. The molecule has 7 nitrogen and oxygen atoms in total. The van der Waals surface area contributed by atoms with Gasteiger partial charge in [0.1, 0.15) is 30.2 Å². The van der Waals surface area contributed by atoms with Crippen LogP contribution >= 0.6 is 11.8 Å². The van der Waals surface area contributed by atoms with Gasteiger partial charge in [-0.05, 0) is 54.1 Å². The van der Waals surface area contributed by atoms with Gasteiger partial charge in [-0.3, -0.25) is 0 Å². The molecule has 33 heavy (non-hydrogen) atoms. The normalized spacial score (nSPS) is 25.7. The first-order chi connectivity index (χ1) is 15.9. The lowest BCUT2D eigenvalue weighted by Crippen LogP contribution is -2.56. The zero-order chi connectivity index (χ0) is 23.3. The van der Waals surface area contributed by atoms with Gasteiger partial charge in [-0.1, -0.05) is 35.5 Å². The highest BCUT2D eigenvalue weighted by molar-refractivity contribution is 7.99. The summed E-state index contributed by atoms with van der Waals surface area (Å²) in [6.07, 6.45) is -4.31. The SMILES string of the molecule is Cc1ccc2c(c1)c(Sc1ccc3cc(O)ccc3c1)cn2[C@@H]1O[C@H](CO)[C@@H](O)[C@H](O)[C@H]1O. The average Bonchev–Trinajstić information content (AvgIpc) is 3.15. The van der Waals surface area contributed by atoms with Crippen molar-refractivity contribution in [2.75, 3.05) is 6.61 Å². The zero-order valence-electron chi connectivity index (χ0n) is 17.9. The van der Waals surface area contributed by atoms with Crippen LogP contribution in [0.1, 0.15) is 11.8 Å². The summed E-state index contributed by atoms with van der Waals surface area (Å²) >= 11 is 1.56. The first-order valence-electron chi connectivity index (χ1n) is 10.7. The Morgan fingerprint density at radius 1 is 0.909 bits per heavy atom. The summed E-state index contributed by atoms with van der Waals surface area (Å²) in [6, 6.07) is 17.2. The molecule has 4 aromatic rings. The van der Waals surface area contributed by atoms with Gasteiger partial charge in [-0.25, -0.2) is 0 Å². The molecule has 172 valence electrons. The Labute approximate surface area is 194 Å².